The molecule has 0 saturated carbocycles. The number of hydrogen-bond acceptors (Lipinski definition) is 3. The largest absolute Gasteiger partial charge is 0.573 e. The molecule has 2 unspecified atom stereocenters. The van der Waals surface area contributed by atoms with E-state index in [9.17, 15) is 13.2 Å². The standard InChI is InChI=1S/C13H15F3N2O/c1-3-9(2)18-12(8-17)10-5-4-6-11(7-10)19-13(14,15)16/h4-7,9,12,18H,3H2,1-2H3. The number of nitrogens with one attached hydrogen (secondary N) is 1. The number of rotatable bonds is 5. The van der Waals surface area contributed by atoms with Gasteiger partial charge in [-0.3, -0.25) is 5.32 Å². The Morgan fingerprint density at radius 3 is 2.63 bits per heavy atom. The summed E-state index contributed by atoms with van der Waals surface area (Å²) in [5.74, 6) is -0.323. The Morgan fingerprint density at radius 1 is 1.42 bits per heavy atom. The van der Waals surface area contributed by atoms with Crippen LogP contribution >= 0.6 is 0 Å². The normalized spacial score (nSPS) is 14.5. The third kappa shape index (κ3) is 5.18. The number of nitrogens with zero attached hydrogens (tertiary/aromatic N) is 1. The number of halogens is 3. The molecule has 1 N–H and O–H groups in total. The fourth-order valence-corrected chi connectivity index (χ4v) is 1.50. The van der Waals surface area contributed by atoms with Crippen molar-refractivity contribution in [2.24, 2.45) is 0 Å². The van der Waals surface area contributed by atoms with Crippen molar-refractivity contribution in [3.63, 3.8) is 0 Å². The Bertz CT molecular complexity index is 454. The minimum atomic E-state index is -4.73. The lowest BCUT2D eigenvalue weighted by molar-refractivity contribution is -0.274. The number of nitriles is 1. The Hall–Kier alpha value is -1.74. The van der Waals surface area contributed by atoms with Gasteiger partial charge in [0.1, 0.15) is 11.8 Å². The van der Waals surface area contributed by atoms with Crippen LogP contribution < -0.4 is 10.1 Å². The van der Waals surface area contributed by atoms with Crippen LogP contribution in [0.3, 0.4) is 0 Å². The van der Waals surface area contributed by atoms with E-state index in [0.29, 0.717) is 5.56 Å². The first-order chi connectivity index (χ1) is 8.85. The summed E-state index contributed by atoms with van der Waals surface area (Å²) in [5.41, 5.74) is 0.449. The van der Waals surface area contributed by atoms with Crippen molar-refractivity contribution in [1.29, 1.82) is 5.26 Å². The summed E-state index contributed by atoms with van der Waals surface area (Å²) >= 11 is 0. The molecule has 0 saturated heterocycles. The molecule has 104 valence electrons. The molecule has 0 aromatic heterocycles. The third-order valence-electron chi connectivity index (χ3n) is 2.62. The van der Waals surface area contributed by atoms with Gasteiger partial charge in [0.05, 0.1) is 6.07 Å². The molecule has 0 heterocycles. The van der Waals surface area contributed by atoms with E-state index < -0.39 is 12.4 Å². The summed E-state index contributed by atoms with van der Waals surface area (Å²) in [7, 11) is 0. The van der Waals surface area contributed by atoms with Crippen LogP contribution in [0.25, 0.3) is 0 Å². The molecule has 2 atom stereocenters. The Balaban J connectivity index is 2.88. The molecule has 0 spiro atoms. The van der Waals surface area contributed by atoms with Crippen molar-refractivity contribution in [1.82, 2.24) is 5.32 Å². The second-order valence-corrected chi connectivity index (χ2v) is 4.16. The van der Waals surface area contributed by atoms with Gasteiger partial charge in [-0.1, -0.05) is 19.1 Å². The quantitative estimate of drug-likeness (QED) is 0.891. The van der Waals surface area contributed by atoms with Crippen molar-refractivity contribution < 1.29 is 17.9 Å². The number of alkyl halides is 3. The van der Waals surface area contributed by atoms with Gasteiger partial charge >= 0.3 is 6.36 Å². The van der Waals surface area contributed by atoms with Crippen LogP contribution in [-0.4, -0.2) is 12.4 Å². The number of ether oxygens (including phenoxy) is 1. The highest BCUT2D eigenvalue weighted by molar-refractivity contribution is 5.33. The maximum Gasteiger partial charge on any atom is 0.573 e. The van der Waals surface area contributed by atoms with Crippen LogP contribution in [0.1, 0.15) is 31.9 Å². The first kappa shape index (κ1) is 15.3. The summed E-state index contributed by atoms with van der Waals surface area (Å²) in [4.78, 5) is 0. The van der Waals surface area contributed by atoms with Gasteiger partial charge in [-0.2, -0.15) is 5.26 Å². The lowest BCUT2D eigenvalue weighted by Gasteiger charge is -2.18. The van der Waals surface area contributed by atoms with E-state index in [1.54, 1.807) is 6.07 Å². The minimum Gasteiger partial charge on any atom is -0.406 e. The van der Waals surface area contributed by atoms with Gasteiger partial charge in [0.25, 0.3) is 0 Å². The number of benzene rings is 1. The van der Waals surface area contributed by atoms with Crippen LogP contribution in [0.15, 0.2) is 24.3 Å². The second kappa shape index (κ2) is 6.43. The molecule has 6 heteroatoms. The van der Waals surface area contributed by atoms with Crippen molar-refractivity contribution in [2.75, 3.05) is 0 Å². The fraction of sp³-hybridized carbons (Fsp3) is 0.462. The maximum atomic E-state index is 12.1. The van der Waals surface area contributed by atoms with Crippen molar-refractivity contribution >= 4 is 0 Å². The third-order valence-corrected chi connectivity index (χ3v) is 2.62. The SMILES string of the molecule is CCC(C)NC(C#N)c1cccc(OC(F)(F)F)c1. The predicted molar refractivity (Wildman–Crippen MR) is 64.4 cm³/mol. The van der Waals surface area contributed by atoms with E-state index in [0.717, 1.165) is 6.42 Å². The first-order valence-corrected chi connectivity index (χ1v) is 5.87. The average molecular weight is 272 g/mol. The van der Waals surface area contributed by atoms with Crippen LogP contribution in [0.4, 0.5) is 13.2 Å². The Morgan fingerprint density at radius 2 is 2.11 bits per heavy atom. The van der Waals surface area contributed by atoms with Gasteiger partial charge in [-0.05, 0) is 31.0 Å². The first-order valence-electron chi connectivity index (χ1n) is 5.87. The molecule has 1 rings (SSSR count). The second-order valence-electron chi connectivity index (χ2n) is 4.16. The molecule has 0 aliphatic rings. The van der Waals surface area contributed by atoms with Gasteiger partial charge in [0, 0.05) is 6.04 Å². The topological polar surface area (TPSA) is 45.0 Å². The average Bonchev–Trinajstić information content (AvgIpc) is 2.33. The molecule has 0 aliphatic carbocycles. The highest BCUT2D eigenvalue weighted by atomic mass is 19.4. The molecular formula is C13H15F3N2O. The monoisotopic (exact) mass is 272 g/mol. The van der Waals surface area contributed by atoms with Gasteiger partial charge in [-0.15, -0.1) is 13.2 Å². The highest BCUT2D eigenvalue weighted by Gasteiger charge is 2.31. The highest BCUT2D eigenvalue weighted by Crippen LogP contribution is 2.25. The van der Waals surface area contributed by atoms with Gasteiger partial charge in [-0.25, -0.2) is 0 Å². The Kier molecular flexibility index (Phi) is 5.19. The summed E-state index contributed by atoms with van der Waals surface area (Å²) in [6.07, 6.45) is -3.91. The smallest absolute Gasteiger partial charge is 0.406 e. The summed E-state index contributed by atoms with van der Waals surface area (Å²) in [5, 5.41) is 12.1. The van der Waals surface area contributed by atoms with Gasteiger partial charge in [0.2, 0.25) is 0 Å². The minimum absolute atomic E-state index is 0.0943. The van der Waals surface area contributed by atoms with Gasteiger partial charge in [0.15, 0.2) is 0 Å². The predicted octanol–water partition coefficient (Wildman–Crippen LogP) is 3.54. The zero-order valence-electron chi connectivity index (χ0n) is 10.7. The lowest BCUT2D eigenvalue weighted by Crippen LogP contribution is -2.29. The van der Waals surface area contributed by atoms with Gasteiger partial charge < -0.3 is 4.74 Å². The van der Waals surface area contributed by atoms with Crippen LogP contribution in [0.2, 0.25) is 0 Å². The molecule has 0 fully saturated rings. The molecular weight excluding hydrogens is 257 g/mol. The molecule has 1 aromatic carbocycles. The molecule has 0 amide bonds. The molecule has 0 bridgehead atoms. The van der Waals surface area contributed by atoms with E-state index in [-0.39, 0.29) is 11.8 Å². The molecule has 0 aliphatic heterocycles. The van der Waals surface area contributed by atoms with E-state index >= 15 is 0 Å². The van der Waals surface area contributed by atoms with Crippen molar-refractivity contribution in [3.05, 3.63) is 29.8 Å². The zero-order valence-corrected chi connectivity index (χ0v) is 10.7. The lowest BCUT2D eigenvalue weighted by atomic mass is 10.1. The van der Waals surface area contributed by atoms with Crippen molar-refractivity contribution in [2.45, 2.75) is 38.7 Å². The van der Waals surface area contributed by atoms with E-state index in [1.807, 2.05) is 19.9 Å². The Labute approximate surface area is 110 Å². The maximum absolute atomic E-state index is 12.1. The molecule has 1 aromatic rings. The summed E-state index contributed by atoms with van der Waals surface area (Å²) in [6.45, 7) is 3.86. The van der Waals surface area contributed by atoms with Crippen LogP contribution in [0.5, 0.6) is 5.75 Å². The van der Waals surface area contributed by atoms with E-state index in [4.69, 9.17) is 5.26 Å². The zero-order chi connectivity index (χ0) is 14.5. The van der Waals surface area contributed by atoms with Crippen LogP contribution in [-0.2, 0) is 0 Å². The molecule has 19 heavy (non-hydrogen) atoms. The molecule has 0 radical (unpaired) electrons. The summed E-state index contributed by atoms with van der Waals surface area (Å²) in [6, 6.07) is 6.90. The molecule has 3 nitrogen and oxygen atoms in total. The number of hydrogen-bond donors (Lipinski definition) is 1. The van der Waals surface area contributed by atoms with E-state index in [2.05, 4.69) is 10.1 Å². The summed E-state index contributed by atoms with van der Waals surface area (Å²) < 4.78 is 40.2. The van der Waals surface area contributed by atoms with E-state index in [1.165, 1.54) is 18.2 Å². The van der Waals surface area contributed by atoms with Crippen LogP contribution in [0, 0.1) is 11.3 Å². The fourth-order valence-electron chi connectivity index (χ4n) is 1.50. The van der Waals surface area contributed by atoms with Crippen molar-refractivity contribution in [3.8, 4) is 11.8 Å².